The second-order valence-electron chi connectivity index (χ2n) is 4.17. The number of rotatable bonds is 5. The van der Waals surface area contributed by atoms with E-state index in [1.54, 1.807) is 24.4 Å². The van der Waals surface area contributed by atoms with Crippen LogP contribution in [0.5, 0.6) is 0 Å². The first-order valence-electron chi connectivity index (χ1n) is 6.17. The molecule has 0 aliphatic heterocycles. The molecule has 0 saturated heterocycles. The largest absolute Gasteiger partial charge is 0.369 e. The summed E-state index contributed by atoms with van der Waals surface area (Å²) in [5.74, 6) is 0.336. The van der Waals surface area contributed by atoms with Crippen molar-refractivity contribution >= 4 is 21.5 Å². The quantitative estimate of drug-likeness (QED) is 0.880. The molecule has 0 aromatic carbocycles. The number of pyridine rings is 2. The van der Waals surface area contributed by atoms with E-state index in [1.807, 2.05) is 13.8 Å². The summed E-state index contributed by atoms with van der Waals surface area (Å²) in [7, 11) is -3.69. The van der Waals surface area contributed by atoms with Crippen molar-refractivity contribution in [1.82, 2.24) is 9.97 Å². The molecular weight excluding hydrogens is 276 g/mol. The molecule has 0 radical (unpaired) electrons. The molecule has 0 bridgehead atoms. The first kappa shape index (κ1) is 14.3. The molecular formula is C13H16N4O2S. The predicted molar refractivity (Wildman–Crippen MR) is 78.2 cm³/mol. The Morgan fingerprint density at radius 2 is 2.00 bits per heavy atom. The number of nitrogens with one attached hydrogen (secondary N) is 2. The maximum Gasteiger partial charge on any atom is 0.265 e. The van der Waals surface area contributed by atoms with Crippen molar-refractivity contribution in [3.63, 3.8) is 0 Å². The number of anilines is 2. The number of nitrogens with zero attached hydrogens (tertiary/aromatic N) is 2. The Bertz CT molecular complexity index is 684. The Labute approximate surface area is 118 Å². The normalized spacial score (nSPS) is 11.1. The minimum absolute atomic E-state index is 0.113. The molecule has 0 aliphatic carbocycles. The summed E-state index contributed by atoms with van der Waals surface area (Å²) in [6.45, 7) is 4.30. The number of aryl methyl sites for hydroxylation is 1. The van der Waals surface area contributed by atoms with Gasteiger partial charge in [-0.3, -0.25) is 9.71 Å². The average molecular weight is 292 g/mol. The van der Waals surface area contributed by atoms with Gasteiger partial charge in [0.1, 0.15) is 10.7 Å². The van der Waals surface area contributed by atoms with E-state index in [1.165, 1.54) is 12.3 Å². The van der Waals surface area contributed by atoms with Crippen molar-refractivity contribution in [2.45, 2.75) is 18.7 Å². The van der Waals surface area contributed by atoms with Crippen LogP contribution in [0.15, 0.2) is 41.6 Å². The third-order valence-corrected chi connectivity index (χ3v) is 3.98. The van der Waals surface area contributed by atoms with E-state index in [0.717, 1.165) is 5.69 Å². The molecule has 2 aromatic rings. The molecule has 7 heteroatoms. The van der Waals surface area contributed by atoms with Gasteiger partial charge in [0.15, 0.2) is 0 Å². The van der Waals surface area contributed by atoms with Crippen LogP contribution in [0.25, 0.3) is 0 Å². The molecule has 0 saturated carbocycles. The van der Waals surface area contributed by atoms with Crippen molar-refractivity contribution in [3.8, 4) is 0 Å². The number of sulfonamides is 1. The van der Waals surface area contributed by atoms with Gasteiger partial charge in [-0.05, 0) is 38.1 Å². The lowest BCUT2D eigenvalue weighted by atomic mass is 10.4. The molecule has 0 atom stereocenters. The van der Waals surface area contributed by atoms with E-state index < -0.39 is 10.0 Å². The van der Waals surface area contributed by atoms with Gasteiger partial charge in [-0.25, -0.2) is 13.4 Å². The van der Waals surface area contributed by atoms with Crippen LogP contribution in [0, 0.1) is 6.92 Å². The van der Waals surface area contributed by atoms with Crippen LogP contribution in [-0.2, 0) is 10.0 Å². The summed E-state index contributed by atoms with van der Waals surface area (Å²) >= 11 is 0. The van der Waals surface area contributed by atoms with Crippen LogP contribution in [0.4, 0.5) is 11.5 Å². The lowest BCUT2D eigenvalue weighted by Gasteiger charge is -2.11. The summed E-state index contributed by atoms with van der Waals surface area (Å²) in [4.78, 5) is 8.22. The fourth-order valence-electron chi connectivity index (χ4n) is 1.65. The van der Waals surface area contributed by atoms with E-state index in [2.05, 4.69) is 20.0 Å². The van der Waals surface area contributed by atoms with Gasteiger partial charge in [0.05, 0.1) is 11.9 Å². The maximum absolute atomic E-state index is 12.4. The predicted octanol–water partition coefficient (Wildman–Crippen LogP) is 2.02. The maximum atomic E-state index is 12.4. The molecule has 2 aromatic heterocycles. The van der Waals surface area contributed by atoms with Crippen LogP contribution >= 0.6 is 0 Å². The van der Waals surface area contributed by atoms with Gasteiger partial charge in [-0.2, -0.15) is 0 Å². The van der Waals surface area contributed by atoms with Crippen LogP contribution in [-0.4, -0.2) is 24.9 Å². The van der Waals surface area contributed by atoms with Crippen LogP contribution in [0.3, 0.4) is 0 Å². The molecule has 0 amide bonds. The molecule has 2 heterocycles. The zero-order chi connectivity index (χ0) is 14.6. The third kappa shape index (κ3) is 3.24. The number of hydrogen-bond acceptors (Lipinski definition) is 5. The van der Waals surface area contributed by atoms with Crippen molar-refractivity contribution in [1.29, 1.82) is 0 Å². The Balaban J connectivity index is 2.33. The van der Waals surface area contributed by atoms with Gasteiger partial charge in [0.25, 0.3) is 10.0 Å². The Hall–Kier alpha value is -2.15. The van der Waals surface area contributed by atoms with E-state index in [0.29, 0.717) is 18.1 Å². The van der Waals surface area contributed by atoms with E-state index >= 15 is 0 Å². The van der Waals surface area contributed by atoms with Gasteiger partial charge in [0, 0.05) is 18.4 Å². The molecule has 0 spiro atoms. The van der Waals surface area contributed by atoms with Gasteiger partial charge in [0.2, 0.25) is 0 Å². The third-order valence-electron chi connectivity index (χ3n) is 2.57. The van der Waals surface area contributed by atoms with Gasteiger partial charge in [-0.1, -0.05) is 0 Å². The van der Waals surface area contributed by atoms with Crippen molar-refractivity contribution in [3.05, 3.63) is 42.4 Å². The number of aromatic nitrogens is 2. The second kappa shape index (κ2) is 5.87. The molecule has 2 rings (SSSR count). The van der Waals surface area contributed by atoms with E-state index in [-0.39, 0.29) is 4.90 Å². The monoisotopic (exact) mass is 292 g/mol. The van der Waals surface area contributed by atoms with Crippen LogP contribution in [0.1, 0.15) is 12.6 Å². The Kier molecular flexibility index (Phi) is 4.19. The summed E-state index contributed by atoms with van der Waals surface area (Å²) < 4.78 is 27.2. The van der Waals surface area contributed by atoms with E-state index in [9.17, 15) is 8.42 Å². The lowest BCUT2D eigenvalue weighted by Crippen LogP contribution is -2.16. The van der Waals surface area contributed by atoms with Crippen molar-refractivity contribution in [2.75, 3.05) is 16.6 Å². The minimum atomic E-state index is -3.69. The Morgan fingerprint density at radius 1 is 1.20 bits per heavy atom. The van der Waals surface area contributed by atoms with Gasteiger partial charge >= 0.3 is 0 Å². The standard InChI is InChI=1S/C13H16N4O2S/c1-3-14-13-12(5-4-8-15-13)20(18,19)17-11-7-6-10(2)16-9-11/h4-9,17H,3H2,1-2H3,(H,14,15). The topological polar surface area (TPSA) is 84.0 Å². The molecule has 6 nitrogen and oxygen atoms in total. The summed E-state index contributed by atoms with van der Waals surface area (Å²) in [5.41, 5.74) is 1.24. The molecule has 0 fully saturated rings. The van der Waals surface area contributed by atoms with Gasteiger partial charge in [-0.15, -0.1) is 0 Å². The molecule has 20 heavy (non-hydrogen) atoms. The van der Waals surface area contributed by atoms with E-state index in [4.69, 9.17) is 0 Å². The minimum Gasteiger partial charge on any atom is -0.369 e. The SMILES string of the molecule is CCNc1ncccc1S(=O)(=O)Nc1ccc(C)nc1. The molecule has 0 aliphatic rings. The summed E-state index contributed by atoms with van der Waals surface area (Å²) in [6.07, 6.45) is 3.03. The zero-order valence-electron chi connectivity index (χ0n) is 11.3. The highest BCUT2D eigenvalue weighted by Crippen LogP contribution is 2.21. The first-order chi connectivity index (χ1) is 9.53. The molecule has 2 N–H and O–H groups in total. The summed E-state index contributed by atoms with van der Waals surface area (Å²) in [6, 6.07) is 6.51. The zero-order valence-corrected chi connectivity index (χ0v) is 12.1. The smallest absolute Gasteiger partial charge is 0.265 e. The fourth-order valence-corrected chi connectivity index (χ4v) is 2.82. The first-order valence-corrected chi connectivity index (χ1v) is 7.65. The highest BCUT2D eigenvalue weighted by Gasteiger charge is 2.19. The highest BCUT2D eigenvalue weighted by atomic mass is 32.2. The molecule has 0 unspecified atom stereocenters. The summed E-state index contributed by atoms with van der Waals surface area (Å²) in [5, 5.41) is 2.93. The Morgan fingerprint density at radius 3 is 2.65 bits per heavy atom. The van der Waals surface area contributed by atoms with Crippen LogP contribution < -0.4 is 10.0 Å². The average Bonchev–Trinajstić information content (AvgIpc) is 2.42. The van der Waals surface area contributed by atoms with Crippen molar-refractivity contribution in [2.24, 2.45) is 0 Å². The fraction of sp³-hybridized carbons (Fsp3) is 0.231. The number of hydrogen-bond donors (Lipinski definition) is 2. The molecule has 106 valence electrons. The lowest BCUT2D eigenvalue weighted by molar-refractivity contribution is 0.601. The highest BCUT2D eigenvalue weighted by molar-refractivity contribution is 7.92. The van der Waals surface area contributed by atoms with Gasteiger partial charge < -0.3 is 5.32 Å². The van der Waals surface area contributed by atoms with Crippen LogP contribution in [0.2, 0.25) is 0 Å². The van der Waals surface area contributed by atoms with Crippen molar-refractivity contribution < 1.29 is 8.42 Å². The second-order valence-corrected chi connectivity index (χ2v) is 5.83.